The maximum Gasteiger partial charge on any atom is 0.325 e. The highest BCUT2D eigenvalue weighted by molar-refractivity contribution is 5.77. The van der Waals surface area contributed by atoms with Crippen LogP contribution in [0, 0.1) is 0 Å². The van der Waals surface area contributed by atoms with E-state index in [1.165, 1.54) is 0 Å². The number of carbonyl (C=O) groups is 1. The summed E-state index contributed by atoms with van der Waals surface area (Å²) in [7, 11) is 1.82. The van der Waals surface area contributed by atoms with Crippen molar-refractivity contribution in [2.24, 2.45) is 0 Å². The van der Waals surface area contributed by atoms with Gasteiger partial charge in [-0.3, -0.25) is 4.79 Å². The third kappa shape index (κ3) is 2.65. The second-order valence-electron chi connectivity index (χ2n) is 3.04. The SMILES string of the molecule is CNc1cccc(NC(C)C(=O)O)c1. The second kappa shape index (κ2) is 4.50. The topological polar surface area (TPSA) is 61.4 Å². The smallest absolute Gasteiger partial charge is 0.325 e. The quantitative estimate of drug-likeness (QED) is 0.681. The van der Waals surface area contributed by atoms with Gasteiger partial charge < -0.3 is 15.7 Å². The predicted octanol–water partition coefficient (Wildman–Crippen LogP) is 1.61. The van der Waals surface area contributed by atoms with Crippen LogP contribution in [0.3, 0.4) is 0 Å². The molecule has 1 rings (SSSR count). The molecule has 0 heterocycles. The van der Waals surface area contributed by atoms with Crippen LogP contribution in [0.25, 0.3) is 0 Å². The molecule has 4 heteroatoms. The largest absolute Gasteiger partial charge is 0.480 e. The summed E-state index contributed by atoms with van der Waals surface area (Å²) in [6.45, 7) is 1.61. The van der Waals surface area contributed by atoms with Gasteiger partial charge in [0.25, 0.3) is 0 Å². The number of aliphatic carboxylic acids is 1. The zero-order valence-electron chi connectivity index (χ0n) is 8.24. The number of benzene rings is 1. The molecule has 0 bridgehead atoms. The van der Waals surface area contributed by atoms with E-state index in [1.807, 2.05) is 31.3 Å². The van der Waals surface area contributed by atoms with Gasteiger partial charge in [-0.05, 0) is 25.1 Å². The lowest BCUT2D eigenvalue weighted by Crippen LogP contribution is -2.25. The Balaban J connectivity index is 2.71. The minimum absolute atomic E-state index is 0.581. The average Bonchev–Trinajstić information content (AvgIpc) is 2.18. The number of carboxylic acids is 1. The van der Waals surface area contributed by atoms with Crippen molar-refractivity contribution in [3.8, 4) is 0 Å². The molecule has 76 valence electrons. The first-order valence-electron chi connectivity index (χ1n) is 4.40. The van der Waals surface area contributed by atoms with Crippen molar-refractivity contribution in [2.75, 3.05) is 17.7 Å². The summed E-state index contributed by atoms with van der Waals surface area (Å²) in [5.74, 6) is -0.861. The van der Waals surface area contributed by atoms with Crippen molar-refractivity contribution < 1.29 is 9.90 Å². The molecule has 0 saturated carbocycles. The third-order valence-electron chi connectivity index (χ3n) is 1.90. The Labute approximate surface area is 82.9 Å². The van der Waals surface area contributed by atoms with Crippen molar-refractivity contribution >= 4 is 17.3 Å². The van der Waals surface area contributed by atoms with Gasteiger partial charge in [0.1, 0.15) is 6.04 Å². The zero-order valence-corrected chi connectivity index (χ0v) is 8.24. The van der Waals surface area contributed by atoms with Gasteiger partial charge in [-0.1, -0.05) is 6.07 Å². The maximum atomic E-state index is 10.6. The molecule has 0 aliphatic heterocycles. The van der Waals surface area contributed by atoms with E-state index in [0.717, 1.165) is 11.4 Å². The molecular formula is C10H14N2O2. The first-order chi connectivity index (χ1) is 6.63. The van der Waals surface area contributed by atoms with Crippen molar-refractivity contribution in [3.63, 3.8) is 0 Å². The normalized spacial score (nSPS) is 11.9. The van der Waals surface area contributed by atoms with Gasteiger partial charge in [-0.2, -0.15) is 0 Å². The van der Waals surface area contributed by atoms with E-state index >= 15 is 0 Å². The molecule has 0 saturated heterocycles. The summed E-state index contributed by atoms with van der Waals surface area (Å²) in [4.78, 5) is 10.6. The molecular weight excluding hydrogens is 180 g/mol. The van der Waals surface area contributed by atoms with Gasteiger partial charge in [0.15, 0.2) is 0 Å². The number of rotatable bonds is 4. The van der Waals surface area contributed by atoms with Gasteiger partial charge in [-0.25, -0.2) is 0 Å². The lowest BCUT2D eigenvalue weighted by atomic mass is 10.2. The van der Waals surface area contributed by atoms with Crippen molar-refractivity contribution in [1.29, 1.82) is 0 Å². The van der Waals surface area contributed by atoms with Gasteiger partial charge in [0.2, 0.25) is 0 Å². The molecule has 1 aromatic rings. The van der Waals surface area contributed by atoms with E-state index in [1.54, 1.807) is 6.92 Å². The molecule has 0 aliphatic rings. The van der Waals surface area contributed by atoms with Gasteiger partial charge in [0.05, 0.1) is 0 Å². The van der Waals surface area contributed by atoms with E-state index < -0.39 is 12.0 Å². The van der Waals surface area contributed by atoms with Crippen LogP contribution in [0.1, 0.15) is 6.92 Å². The van der Waals surface area contributed by atoms with Crippen LogP contribution in [0.4, 0.5) is 11.4 Å². The van der Waals surface area contributed by atoms with Crippen LogP contribution >= 0.6 is 0 Å². The fourth-order valence-electron chi connectivity index (χ4n) is 1.08. The standard InChI is InChI=1S/C10H14N2O2/c1-7(10(13)14)12-9-5-3-4-8(6-9)11-2/h3-7,11-12H,1-2H3,(H,13,14). The molecule has 14 heavy (non-hydrogen) atoms. The fourth-order valence-corrected chi connectivity index (χ4v) is 1.08. The third-order valence-corrected chi connectivity index (χ3v) is 1.90. The Bertz CT molecular complexity index is 326. The van der Waals surface area contributed by atoms with E-state index in [9.17, 15) is 4.79 Å². The minimum Gasteiger partial charge on any atom is -0.480 e. The van der Waals surface area contributed by atoms with E-state index in [0.29, 0.717) is 0 Å². The summed E-state index contributed by atoms with van der Waals surface area (Å²) in [5, 5.41) is 14.6. The molecule has 1 aromatic carbocycles. The summed E-state index contributed by atoms with van der Waals surface area (Å²) >= 11 is 0. The van der Waals surface area contributed by atoms with Gasteiger partial charge >= 0.3 is 5.97 Å². The summed E-state index contributed by atoms with van der Waals surface area (Å²) in [6, 6.07) is 6.89. The average molecular weight is 194 g/mol. The number of hydrogen-bond donors (Lipinski definition) is 3. The molecule has 0 amide bonds. The molecule has 4 nitrogen and oxygen atoms in total. The highest BCUT2D eigenvalue weighted by Crippen LogP contribution is 2.15. The molecule has 1 unspecified atom stereocenters. The molecule has 0 radical (unpaired) electrons. The van der Waals surface area contributed by atoms with E-state index in [-0.39, 0.29) is 0 Å². The van der Waals surface area contributed by atoms with E-state index in [2.05, 4.69) is 10.6 Å². The second-order valence-corrected chi connectivity index (χ2v) is 3.04. The van der Waals surface area contributed by atoms with Crippen LogP contribution < -0.4 is 10.6 Å². The first-order valence-corrected chi connectivity index (χ1v) is 4.40. The number of anilines is 2. The highest BCUT2D eigenvalue weighted by Gasteiger charge is 2.09. The number of nitrogens with one attached hydrogen (secondary N) is 2. The Morgan fingerprint density at radius 2 is 2.07 bits per heavy atom. The number of carboxylic acid groups (broad SMARTS) is 1. The van der Waals surface area contributed by atoms with Crippen LogP contribution in [0.2, 0.25) is 0 Å². The molecule has 3 N–H and O–H groups in total. The van der Waals surface area contributed by atoms with Crippen LogP contribution in [-0.4, -0.2) is 24.2 Å². The highest BCUT2D eigenvalue weighted by atomic mass is 16.4. The molecule has 0 fully saturated rings. The Hall–Kier alpha value is -1.71. The first kappa shape index (κ1) is 10.4. The maximum absolute atomic E-state index is 10.6. The Kier molecular flexibility index (Phi) is 3.34. The molecule has 0 aromatic heterocycles. The van der Waals surface area contributed by atoms with Crippen LogP contribution in [0.15, 0.2) is 24.3 Å². The Morgan fingerprint density at radius 3 is 2.64 bits per heavy atom. The van der Waals surface area contributed by atoms with Crippen molar-refractivity contribution in [2.45, 2.75) is 13.0 Å². The molecule has 1 atom stereocenters. The summed E-state index contributed by atoms with van der Waals surface area (Å²) in [6.07, 6.45) is 0. The fraction of sp³-hybridized carbons (Fsp3) is 0.300. The predicted molar refractivity (Wildman–Crippen MR) is 56.7 cm³/mol. The molecule has 0 spiro atoms. The van der Waals surface area contributed by atoms with Gasteiger partial charge in [0, 0.05) is 18.4 Å². The molecule has 0 aliphatic carbocycles. The van der Waals surface area contributed by atoms with Crippen molar-refractivity contribution in [3.05, 3.63) is 24.3 Å². The number of hydrogen-bond acceptors (Lipinski definition) is 3. The minimum atomic E-state index is -0.861. The van der Waals surface area contributed by atoms with Crippen molar-refractivity contribution in [1.82, 2.24) is 0 Å². The Morgan fingerprint density at radius 1 is 1.43 bits per heavy atom. The monoisotopic (exact) mass is 194 g/mol. The zero-order chi connectivity index (χ0) is 10.6. The lowest BCUT2D eigenvalue weighted by Gasteiger charge is -2.11. The summed E-state index contributed by atoms with van der Waals surface area (Å²) < 4.78 is 0. The van der Waals surface area contributed by atoms with Crippen LogP contribution in [0.5, 0.6) is 0 Å². The summed E-state index contributed by atoms with van der Waals surface area (Å²) in [5.41, 5.74) is 1.75. The van der Waals surface area contributed by atoms with Gasteiger partial charge in [-0.15, -0.1) is 0 Å². The van der Waals surface area contributed by atoms with Crippen LogP contribution in [-0.2, 0) is 4.79 Å². The lowest BCUT2D eigenvalue weighted by molar-refractivity contribution is -0.137. The van der Waals surface area contributed by atoms with E-state index in [4.69, 9.17) is 5.11 Å².